The summed E-state index contributed by atoms with van der Waals surface area (Å²) in [6, 6.07) is 9.76. The normalized spacial score (nSPS) is 20.7. The van der Waals surface area contributed by atoms with Gasteiger partial charge in [0.1, 0.15) is 0 Å². The maximum absolute atomic E-state index is 13.3. The Morgan fingerprint density at radius 2 is 1.69 bits per heavy atom. The van der Waals surface area contributed by atoms with Crippen molar-refractivity contribution in [1.29, 1.82) is 0 Å². The van der Waals surface area contributed by atoms with Crippen LogP contribution in [-0.4, -0.2) is 36.1 Å². The number of sulfone groups is 1. The largest absolute Gasteiger partial charge is 0.381 e. The van der Waals surface area contributed by atoms with Crippen LogP contribution in [0.3, 0.4) is 0 Å². The van der Waals surface area contributed by atoms with Crippen LogP contribution in [0, 0.1) is 6.92 Å². The molecule has 29 heavy (non-hydrogen) atoms. The summed E-state index contributed by atoms with van der Waals surface area (Å²) >= 11 is 0. The van der Waals surface area contributed by atoms with E-state index in [0.717, 1.165) is 5.56 Å². The molecular formula is C21H25NO5S2. The van der Waals surface area contributed by atoms with Gasteiger partial charge in [-0.15, -0.1) is 0 Å². The molecule has 0 atom stereocenters. The molecule has 1 saturated heterocycles. The molecular weight excluding hydrogens is 410 g/mol. The summed E-state index contributed by atoms with van der Waals surface area (Å²) in [6.45, 7) is 6.66. The summed E-state index contributed by atoms with van der Waals surface area (Å²) in [5, 5.41) is 0. The number of fused-ring (bicyclic) bond motifs is 2. The van der Waals surface area contributed by atoms with Gasteiger partial charge in [-0.1, -0.05) is 38.1 Å². The molecule has 6 nitrogen and oxygen atoms in total. The first-order valence-corrected chi connectivity index (χ1v) is 12.6. The molecule has 0 aliphatic carbocycles. The summed E-state index contributed by atoms with van der Waals surface area (Å²) in [7, 11) is -7.68. The number of aryl methyl sites for hydroxylation is 1. The molecule has 0 spiro atoms. The summed E-state index contributed by atoms with van der Waals surface area (Å²) in [4.78, 5) is 0.322. The van der Waals surface area contributed by atoms with Crippen molar-refractivity contribution < 1.29 is 21.6 Å². The molecule has 1 fully saturated rings. The zero-order valence-corrected chi connectivity index (χ0v) is 18.4. The maximum Gasteiger partial charge on any atom is 0.241 e. The lowest BCUT2D eigenvalue weighted by Gasteiger charge is -2.35. The van der Waals surface area contributed by atoms with E-state index < -0.39 is 25.3 Å². The Hall–Kier alpha value is -1.74. The van der Waals surface area contributed by atoms with Gasteiger partial charge in [0.25, 0.3) is 0 Å². The Bertz CT molecular complexity index is 1180. The zero-order chi connectivity index (χ0) is 21.0. The van der Waals surface area contributed by atoms with Crippen molar-refractivity contribution in [3.63, 3.8) is 0 Å². The predicted octanol–water partition coefficient (Wildman–Crippen LogP) is 2.92. The SMILES string of the molecule is Cc1cc2c(cc1S(=O)(=O)NC1CCOCC1)S(=O)(=O)c1ccccc1C2(C)C. The number of hydrogen-bond donors (Lipinski definition) is 1. The summed E-state index contributed by atoms with van der Waals surface area (Å²) in [5.74, 6) is 0. The molecule has 0 aromatic heterocycles. The van der Waals surface area contributed by atoms with E-state index in [1.165, 1.54) is 6.07 Å². The van der Waals surface area contributed by atoms with Crippen molar-refractivity contribution in [2.45, 2.75) is 59.8 Å². The molecule has 4 rings (SSSR count). The second-order valence-electron chi connectivity index (χ2n) is 8.25. The van der Waals surface area contributed by atoms with E-state index in [2.05, 4.69) is 4.72 Å². The molecule has 1 N–H and O–H groups in total. The Kier molecular flexibility index (Phi) is 4.89. The van der Waals surface area contributed by atoms with Crippen molar-refractivity contribution in [2.24, 2.45) is 0 Å². The Morgan fingerprint density at radius 3 is 2.38 bits per heavy atom. The molecule has 0 amide bonds. The topological polar surface area (TPSA) is 89.5 Å². The molecule has 0 radical (unpaired) electrons. The highest BCUT2D eigenvalue weighted by Crippen LogP contribution is 2.46. The van der Waals surface area contributed by atoms with Gasteiger partial charge >= 0.3 is 0 Å². The van der Waals surface area contributed by atoms with Crippen LogP contribution in [0.2, 0.25) is 0 Å². The van der Waals surface area contributed by atoms with Crippen molar-refractivity contribution in [2.75, 3.05) is 13.2 Å². The van der Waals surface area contributed by atoms with Gasteiger partial charge in [-0.05, 0) is 48.6 Å². The Morgan fingerprint density at radius 1 is 1.03 bits per heavy atom. The van der Waals surface area contributed by atoms with E-state index >= 15 is 0 Å². The van der Waals surface area contributed by atoms with Crippen LogP contribution in [0.4, 0.5) is 0 Å². The lowest BCUT2D eigenvalue weighted by Crippen LogP contribution is -2.39. The van der Waals surface area contributed by atoms with Gasteiger partial charge < -0.3 is 4.74 Å². The van der Waals surface area contributed by atoms with Crippen LogP contribution in [0.5, 0.6) is 0 Å². The van der Waals surface area contributed by atoms with E-state index in [0.29, 0.717) is 37.2 Å². The molecule has 2 aromatic carbocycles. The van der Waals surface area contributed by atoms with Gasteiger partial charge in [0.05, 0.1) is 14.7 Å². The quantitative estimate of drug-likeness (QED) is 0.801. The number of sulfonamides is 1. The summed E-state index contributed by atoms with van der Waals surface area (Å²) < 4.78 is 60.8. The second-order valence-corrected chi connectivity index (χ2v) is 11.8. The Labute approximate surface area is 172 Å². The van der Waals surface area contributed by atoms with E-state index in [1.807, 2.05) is 26.0 Å². The van der Waals surface area contributed by atoms with E-state index in [-0.39, 0.29) is 20.7 Å². The number of benzene rings is 2. The highest BCUT2D eigenvalue weighted by molar-refractivity contribution is 7.92. The van der Waals surface area contributed by atoms with Gasteiger partial charge in [-0.2, -0.15) is 0 Å². The number of hydrogen-bond acceptors (Lipinski definition) is 5. The van der Waals surface area contributed by atoms with E-state index in [4.69, 9.17) is 4.74 Å². The lowest BCUT2D eigenvalue weighted by atomic mass is 9.77. The van der Waals surface area contributed by atoms with Crippen LogP contribution in [0.1, 0.15) is 43.4 Å². The summed E-state index contributed by atoms with van der Waals surface area (Å²) in [5.41, 5.74) is 1.32. The molecule has 156 valence electrons. The van der Waals surface area contributed by atoms with Crippen LogP contribution >= 0.6 is 0 Å². The number of ether oxygens (including phenoxy) is 1. The van der Waals surface area contributed by atoms with Gasteiger partial charge in [0, 0.05) is 24.7 Å². The van der Waals surface area contributed by atoms with Gasteiger partial charge in [-0.25, -0.2) is 21.6 Å². The first-order valence-electron chi connectivity index (χ1n) is 9.65. The first kappa shape index (κ1) is 20.5. The first-order chi connectivity index (χ1) is 13.5. The molecule has 0 bridgehead atoms. The lowest BCUT2D eigenvalue weighted by molar-refractivity contribution is 0.0832. The number of rotatable bonds is 3. The molecule has 2 heterocycles. The molecule has 8 heteroatoms. The molecule has 0 unspecified atom stereocenters. The smallest absolute Gasteiger partial charge is 0.241 e. The third kappa shape index (κ3) is 3.32. The summed E-state index contributed by atoms with van der Waals surface area (Å²) in [6.07, 6.45) is 1.20. The van der Waals surface area contributed by atoms with E-state index in [1.54, 1.807) is 25.1 Å². The molecule has 2 aliphatic heterocycles. The van der Waals surface area contributed by atoms with Gasteiger partial charge in [0.15, 0.2) is 0 Å². The Balaban J connectivity index is 1.87. The minimum atomic E-state index is -3.86. The fourth-order valence-electron chi connectivity index (χ4n) is 4.25. The molecule has 2 aliphatic rings. The van der Waals surface area contributed by atoms with E-state index in [9.17, 15) is 16.8 Å². The average molecular weight is 436 g/mol. The maximum atomic E-state index is 13.3. The monoisotopic (exact) mass is 435 g/mol. The zero-order valence-electron chi connectivity index (χ0n) is 16.7. The fourth-order valence-corrected chi connectivity index (χ4v) is 7.86. The van der Waals surface area contributed by atoms with Crippen molar-refractivity contribution in [1.82, 2.24) is 4.72 Å². The minimum Gasteiger partial charge on any atom is -0.381 e. The third-order valence-electron chi connectivity index (χ3n) is 5.92. The van der Waals surface area contributed by atoms with Crippen molar-refractivity contribution in [3.05, 3.63) is 53.1 Å². The van der Waals surface area contributed by atoms with Crippen molar-refractivity contribution >= 4 is 19.9 Å². The highest BCUT2D eigenvalue weighted by atomic mass is 32.2. The molecule has 2 aromatic rings. The van der Waals surface area contributed by atoms with Gasteiger partial charge in [0.2, 0.25) is 19.9 Å². The molecule has 0 saturated carbocycles. The second kappa shape index (κ2) is 6.91. The van der Waals surface area contributed by atoms with Crippen LogP contribution in [0.25, 0.3) is 0 Å². The predicted molar refractivity (Wildman–Crippen MR) is 109 cm³/mol. The fraction of sp³-hybridized carbons (Fsp3) is 0.429. The minimum absolute atomic E-state index is 0.0153. The standard InChI is InChI=1S/C21H25NO5S2/c1-14-12-17-20(13-19(14)29(25,26)22-15-8-10-27-11-9-15)28(23,24)18-7-5-4-6-16(18)21(17,2)3/h4-7,12-13,15,22H,8-11H2,1-3H3. The highest BCUT2D eigenvalue weighted by Gasteiger charge is 2.41. The van der Waals surface area contributed by atoms with Crippen molar-refractivity contribution in [3.8, 4) is 0 Å². The third-order valence-corrected chi connectivity index (χ3v) is 9.44. The van der Waals surface area contributed by atoms with Crippen LogP contribution in [0.15, 0.2) is 51.1 Å². The van der Waals surface area contributed by atoms with Crippen LogP contribution in [-0.2, 0) is 30.0 Å². The van der Waals surface area contributed by atoms with Gasteiger partial charge in [-0.3, -0.25) is 0 Å². The number of nitrogens with one attached hydrogen (secondary N) is 1. The average Bonchev–Trinajstić information content (AvgIpc) is 2.67. The van der Waals surface area contributed by atoms with Crippen LogP contribution < -0.4 is 4.72 Å².